The van der Waals surface area contributed by atoms with E-state index in [2.05, 4.69) is 15.4 Å². The summed E-state index contributed by atoms with van der Waals surface area (Å²) in [7, 11) is 1.37. The first-order valence-electron chi connectivity index (χ1n) is 13.8. The van der Waals surface area contributed by atoms with Crippen LogP contribution in [0.2, 0.25) is 5.02 Å². The maximum atomic E-state index is 14.7. The van der Waals surface area contributed by atoms with Crippen LogP contribution in [0.3, 0.4) is 0 Å². The molecule has 2 amide bonds. The lowest BCUT2D eigenvalue weighted by Gasteiger charge is -2.31. The van der Waals surface area contributed by atoms with Crippen molar-refractivity contribution in [2.75, 3.05) is 20.3 Å². The molecule has 0 saturated heterocycles. The van der Waals surface area contributed by atoms with Gasteiger partial charge in [-0.2, -0.15) is 18.3 Å². The summed E-state index contributed by atoms with van der Waals surface area (Å²) in [6, 6.07) is 8.73. The number of primary amides is 1. The van der Waals surface area contributed by atoms with Crippen LogP contribution in [-0.4, -0.2) is 58.0 Å². The molecule has 1 fully saturated rings. The molecule has 1 aromatic carbocycles. The van der Waals surface area contributed by atoms with Gasteiger partial charge in [0.1, 0.15) is 29.3 Å². The van der Waals surface area contributed by atoms with Crippen molar-refractivity contribution in [3.8, 4) is 22.9 Å². The predicted octanol–water partition coefficient (Wildman–Crippen LogP) is 4.39. The number of fused-ring (bicyclic) bond motifs is 2. The van der Waals surface area contributed by atoms with Crippen molar-refractivity contribution in [3.63, 3.8) is 0 Å². The third-order valence-corrected chi connectivity index (χ3v) is 8.51. The van der Waals surface area contributed by atoms with Gasteiger partial charge >= 0.3 is 6.18 Å². The zero-order valence-electron chi connectivity index (χ0n) is 23.8. The smallest absolute Gasteiger partial charge is 0.424 e. The molecule has 6 rings (SSSR count). The molecule has 236 valence electrons. The molecule has 45 heavy (non-hydrogen) atoms. The van der Waals surface area contributed by atoms with Crippen LogP contribution in [0.5, 0.6) is 11.6 Å². The highest BCUT2D eigenvalue weighted by Crippen LogP contribution is 2.48. The van der Waals surface area contributed by atoms with Crippen molar-refractivity contribution in [1.29, 1.82) is 0 Å². The van der Waals surface area contributed by atoms with E-state index in [1.807, 2.05) is 0 Å². The highest BCUT2D eigenvalue weighted by molar-refractivity contribution is 6.31. The molecular weight excluding hydrogens is 622 g/mol. The number of nitrogens with two attached hydrogens (primary N) is 1. The van der Waals surface area contributed by atoms with Gasteiger partial charge in [0.2, 0.25) is 17.4 Å². The molecule has 3 aromatic heterocycles. The number of benzene rings is 1. The Morgan fingerprint density at radius 1 is 1.22 bits per heavy atom. The minimum atomic E-state index is -5.38. The number of hydrogen-bond donors (Lipinski definition) is 3. The summed E-state index contributed by atoms with van der Waals surface area (Å²) in [5, 5.41) is 17.6. The van der Waals surface area contributed by atoms with E-state index in [-0.39, 0.29) is 45.6 Å². The summed E-state index contributed by atoms with van der Waals surface area (Å²) in [6.07, 6.45) is -3.42. The lowest BCUT2D eigenvalue weighted by Crippen LogP contribution is -2.51. The largest absolute Gasteiger partial charge is 0.489 e. The first-order valence-corrected chi connectivity index (χ1v) is 14.1. The molecule has 4 aromatic rings. The quantitative estimate of drug-likeness (QED) is 0.241. The second kappa shape index (κ2) is 10.6. The minimum absolute atomic E-state index is 0.0376. The van der Waals surface area contributed by atoms with Crippen LogP contribution in [-0.2, 0) is 15.8 Å². The number of hydrogen-bond acceptors (Lipinski definition) is 7. The second-order valence-electron chi connectivity index (χ2n) is 11.4. The fourth-order valence-electron chi connectivity index (χ4n) is 5.23. The van der Waals surface area contributed by atoms with Crippen molar-refractivity contribution >= 4 is 28.9 Å². The van der Waals surface area contributed by atoms with Crippen LogP contribution in [0.15, 0.2) is 42.5 Å². The number of aromatic nitrogens is 3. The molecule has 1 aliphatic carbocycles. The van der Waals surface area contributed by atoms with Crippen molar-refractivity contribution in [1.82, 2.24) is 19.9 Å². The molecule has 10 nitrogen and oxygen atoms in total. The fraction of sp³-hybridized carbons (Fsp3) is 0.333. The van der Waals surface area contributed by atoms with Gasteiger partial charge in [-0.15, -0.1) is 0 Å². The molecule has 0 unspecified atom stereocenters. The van der Waals surface area contributed by atoms with Crippen molar-refractivity contribution in [3.05, 3.63) is 75.8 Å². The minimum Gasteiger partial charge on any atom is -0.489 e. The van der Waals surface area contributed by atoms with Gasteiger partial charge in [-0.3, -0.25) is 9.59 Å². The van der Waals surface area contributed by atoms with Crippen molar-refractivity contribution in [2.24, 2.45) is 5.73 Å². The van der Waals surface area contributed by atoms with Gasteiger partial charge in [0.05, 0.1) is 35.6 Å². The number of alkyl halides is 3. The first kappa shape index (κ1) is 30.6. The third-order valence-electron chi connectivity index (χ3n) is 8.22. The van der Waals surface area contributed by atoms with Crippen LogP contribution in [0.1, 0.15) is 53.0 Å². The number of ether oxygens (including phenoxy) is 2. The number of rotatable bonds is 8. The molecule has 2 atom stereocenters. The monoisotopic (exact) mass is 647 g/mol. The number of carbonyl (C=O) groups excluding carboxylic acids is 2. The number of nitrogens with zero attached hydrogens (tertiary/aromatic N) is 3. The number of pyridine rings is 2. The Labute approximate surface area is 258 Å². The molecular formula is C30H26ClF4N5O5. The van der Waals surface area contributed by atoms with Crippen LogP contribution in [0.25, 0.3) is 16.8 Å². The lowest BCUT2D eigenvalue weighted by molar-refractivity contribution is -0.265. The number of halogens is 5. The van der Waals surface area contributed by atoms with Crippen LogP contribution >= 0.6 is 11.6 Å². The third kappa shape index (κ3) is 5.11. The maximum absolute atomic E-state index is 14.7. The van der Waals surface area contributed by atoms with Crippen LogP contribution in [0, 0.1) is 5.82 Å². The van der Waals surface area contributed by atoms with E-state index in [9.17, 15) is 32.3 Å². The molecule has 15 heteroatoms. The Morgan fingerprint density at radius 2 is 1.96 bits per heavy atom. The normalized spacial score (nSPS) is 19.1. The van der Waals surface area contributed by atoms with Gasteiger partial charge in [-0.25, -0.2) is 13.9 Å². The zero-order valence-corrected chi connectivity index (χ0v) is 24.6. The van der Waals surface area contributed by atoms with E-state index >= 15 is 0 Å². The topological polar surface area (TPSA) is 141 Å². The number of nitrogens with one attached hydrogen (secondary N) is 1. The Bertz CT molecular complexity index is 1880. The summed E-state index contributed by atoms with van der Waals surface area (Å²) < 4.78 is 70.7. The average molecular weight is 648 g/mol. The van der Waals surface area contributed by atoms with Gasteiger partial charge in [0.25, 0.3) is 5.91 Å². The Morgan fingerprint density at radius 3 is 2.58 bits per heavy atom. The highest BCUT2D eigenvalue weighted by Gasteiger charge is 2.57. The Balaban J connectivity index is 1.41. The predicted molar refractivity (Wildman–Crippen MR) is 153 cm³/mol. The van der Waals surface area contributed by atoms with E-state index in [1.165, 1.54) is 36.7 Å². The van der Waals surface area contributed by atoms with Gasteiger partial charge in [-0.1, -0.05) is 11.6 Å². The summed E-state index contributed by atoms with van der Waals surface area (Å²) in [5.74, 6) is -2.23. The second-order valence-corrected chi connectivity index (χ2v) is 11.8. The zero-order chi connectivity index (χ0) is 32.5. The standard InChI is InChI=1S/C30H26ClF4N5O5/c1-28(27(36)42)13-45-25-18(28)11-22(38-24(25)15-5-6-20(32)19(31)8-15)29(43,30(33,34)35)12-37-26(41)16-7-17-10-21(14-3-4-14)39-40(17)23(9-16)44-2/h5-11,14,43H,3-4,12-13H2,1-2H3,(H2,36,42)(H,37,41)/t28-,29-/m0/s1. The average Bonchev–Trinajstić information content (AvgIpc) is 3.66. The van der Waals surface area contributed by atoms with Gasteiger partial charge < -0.3 is 25.6 Å². The fourth-order valence-corrected chi connectivity index (χ4v) is 5.41. The molecule has 1 aliphatic heterocycles. The molecule has 4 heterocycles. The number of methoxy groups -OCH3 is 1. The van der Waals surface area contributed by atoms with Gasteiger partial charge in [-0.05, 0) is 56.2 Å². The first-order chi connectivity index (χ1) is 21.2. The highest BCUT2D eigenvalue weighted by atomic mass is 35.5. The molecule has 2 aliphatic rings. The van der Waals surface area contributed by atoms with E-state index < -0.39 is 47.1 Å². The Hall–Kier alpha value is -4.43. The van der Waals surface area contributed by atoms with Crippen LogP contribution in [0.4, 0.5) is 17.6 Å². The van der Waals surface area contributed by atoms with E-state index in [4.69, 9.17) is 26.8 Å². The lowest BCUT2D eigenvalue weighted by atomic mass is 9.81. The van der Waals surface area contributed by atoms with E-state index in [0.717, 1.165) is 36.7 Å². The summed E-state index contributed by atoms with van der Waals surface area (Å²) >= 11 is 5.94. The number of carbonyl (C=O) groups is 2. The number of aliphatic hydroxyl groups is 1. The van der Waals surface area contributed by atoms with Crippen LogP contribution < -0.4 is 20.5 Å². The summed E-state index contributed by atoms with van der Waals surface area (Å²) in [6.45, 7) is -0.318. The van der Waals surface area contributed by atoms with Gasteiger partial charge in [0, 0.05) is 28.7 Å². The molecule has 1 saturated carbocycles. The Kier molecular flexibility index (Phi) is 7.20. The molecule has 0 bridgehead atoms. The number of amides is 2. The van der Waals surface area contributed by atoms with E-state index in [0.29, 0.717) is 11.4 Å². The van der Waals surface area contributed by atoms with Crippen molar-refractivity contribution in [2.45, 2.75) is 42.9 Å². The molecule has 0 radical (unpaired) electrons. The summed E-state index contributed by atoms with van der Waals surface area (Å²) in [4.78, 5) is 29.8. The van der Waals surface area contributed by atoms with E-state index in [1.54, 1.807) is 6.07 Å². The van der Waals surface area contributed by atoms with Gasteiger partial charge in [0.15, 0.2) is 0 Å². The maximum Gasteiger partial charge on any atom is 0.424 e. The molecule has 0 spiro atoms. The van der Waals surface area contributed by atoms with Crippen molar-refractivity contribution < 1.29 is 41.7 Å². The summed E-state index contributed by atoms with van der Waals surface area (Å²) in [5.41, 5.74) is 0.285. The SMILES string of the molecule is COc1cc(C(=O)NC[C@](O)(c2cc3c(c(-c4ccc(F)c(Cl)c4)n2)OC[C@]3(C)C(N)=O)C(F)(F)F)cc2cc(C3CC3)nn12. The molecule has 4 N–H and O–H groups in total.